The van der Waals surface area contributed by atoms with E-state index in [9.17, 15) is 4.79 Å². The summed E-state index contributed by atoms with van der Waals surface area (Å²) in [4.78, 5) is 10.9. The Morgan fingerprint density at radius 1 is 1.50 bits per heavy atom. The van der Waals surface area contributed by atoms with Gasteiger partial charge in [0.15, 0.2) is 0 Å². The highest BCUT2D eigenvalue weighted by atomic mass is 32.1. The monoisotopic (exact) mass is 159 g/mol. The minimum atomic E-state index is -0.261. The van der Waals surface area contributed by atoms with Crippen LogP contribution in [0.15, 0.2) is 0 Å². The molecule has 1 aliphatic carbocycles. The third-order valence-electron chi connectivity index (χ3n) is 2.39. The van der Waals surface area contributed by atoms with Gasteiger partial charge in [0, 0.05) is 5.75 Å². The molecule has 0 aliphatic heterocycles. The van der Waals surface area contributed by atoms with Gasteiger partial charge < -0.3 is 5.73 Å². The summed E-state index contributed by atoms with van der Waals surface area (Å²) < 4.78 is 0. The zero-order valence-corrected chi connectivity index (χ0v) is 6.86. The van der Waals surface area contributed by atoms with Crippen LogP contribution in [0.3, 0.4) is 0 Å². The first-order valence-corrected chi connectivity index (χ1v) is 4.25. The van der Waals surface area contributed by atoms with Gasteiger partial charge in [0.05, 0.1) is 5.41 Å². The number of primary amides is 1. The average Bonchev–Trinajstić information content (AvgIpc) is 2.35. The van der Waals surface area contributed by atoms with E-state index in [1.54, 1.807) is 0 Å². The Kier molecular flexibility index (Phi) is 2.24. The topological polar surface area (TPSA) is 43.1 Å². The van der Waals surface area contributed by atoms with Crippen molar-refractivity contribution in [2.75, 3.05) is 5.75 Å². The first-order valence-electron chi connectivity index (χ1n) is 3.62. The summed E-state index contributed by atoms with van der Waals surface area (Å²) in [5, 5.41) is 0. The quantitative estimate of drug-likeness (QED) is 0.579. The Balaban J connectivity index is 2.67. The molecular formula is C7H13NOS. The molecule has 0 saturated heterocycles. The van der Waals surface area contributed by atoms with Gasteiger partial charge in [-0.05, 0) is 12.8 Å². The van der Waals surface area contributed by atoms with Crippen molar-refractivity contribution in [1.82, 2.24) is 0 Å². The van der Waals surface area contributed by atoms with Crippen molar-refractivity contribution in [2.45, 2.75) is 25.7 Å². The van der Waals surface area contributed by atoms with Gasteiger partial charge in [-0.25, -0.2) is 0 Å². The van der Waals surface area contributed by atoms with E-state index in [-0.39, 0.29) is 11.3 Å². The van der Waals surface area contributed by atoms with Crippen LogP contribution in [0.1, 0.15) is 25.7 Å². The zero-order chi connectivity index (χ0) is 7.61. The molecule has 1 saturated carbocycles. The Bertz CT molecular complexity index is 141. The van der Waals surface area contributed by atoms with Crippen molar-refractivity contribution >= 4 is 18.5 Å². The van der Waals surface area contributed by atoms with Crippen LogP contribution in [0.5, 0.6) is 0 Å². The van der Waals surface area contributed by atoms with Crippen molar-refractivity contribution in [2.24, 2.45) is 11.1 Å². The highest BCUT2D eigenvalue weighted by Gasteiger charge is 2.37. The Morgan fingerprint density at radius 2 is 2.00 bits per heavy atom. The standard InChI is InChI=1S/C7H13NOS/c8-6(9)7(5-10)3-1-2-4-7/h10H,1-5H2,(H2,8,9). The molecule has 0 unspecified atom stereocenters. The van der Waals surface area contributed by atoms with Gasteiger partial charge in [-0.15, -0.1) is 0 Å². The van der Waals surface area contributed by atoms with E-state index in [1.165, 1.54) is 0 Å². The molecule has 1 rings (SSSR count). The summed E-state index contributed by atoms with van der Waals surface area (Å²) in [6, 6.07) is 0. The summed E-state index contributed by atoms with van der Waals surface area (Å²) in [5.74, 6) is 0.447. The molecule has 2 nitrogen and oxygen atoms in total. The molecule has 0 atom stereocenters. The van der Waals surface area contributed by atoms with E-state index < -0.39 is 0 Å². The molecule has 0 aromatic heterocycles. The van der Waals surface area contributed by atoms with Gasteiger partial charge in [-0.2, -0.15) is 12.6 Å². The Morgan fingerprint density at radius 3 is 2.20 bits per heavy atom. The lowest BCUT2D eigenvalue weighted by molar-refractivity contribution is -0.126. The molecule has 0 aromatic rings. The molecule has 2 N–H and O–H groups in total. The maximum absolute atomic E-state index is 10.9. The molecule has 10 heavy (non-hydrogen) atoms. The Hall–Kier alpha value is -0.180. The first-order chi connectivity index (χ1) is 4.71. The summed E-state index contributed by atoms with van der Waals surface area (Å²) in [6.45, 7) is 0. The number of rotatable bonds is 2. The van der Waals surface area contributed by atoms with E-state index in [2.05, 4.69) is 12.6 Å². The maximum Gasteiger partial charge on any atom is 0.224 e. The van der Waals surface area contributed by atoms with E-state index in [0.29, 0.717) is 5.75 Å². The smallest absolute Gasteiger partial charge is 0.224 e. The normalized spacial score (nSPS) is 22.9. The zero-order valence-electron chi connectivity index (χ0n) is 5.97. The lowest BCUT2D eigenvalue weighted by Gasteiger charge is -2.21. The summed E-state index contributed by atoms with van der Waals surface area (Å²) in [5.41, 5.74) is 4.99. The molecule has 1 aliphatic rings. The number of carbonyl (C=O) groups excluding carboxylic acids is 1. The van der Waals surface area contributed by atoms with Crippen LogP contribution in [0.2, 0.25) is 0 Å². The van der Waals surface area contributed by atoms with Crippen molar-refractivity contribution in [3.05, 3.63) is 0 Å². The fraction of sp³-hybridized carbons (Fsp3) is 0.857. The molecule has 0 heterocycles. The third kappa shape index (κ3) is 1.15. The molecule has 3 heteroatoms. The second-order valence-electron chi connectivity index (χ2n) is 3.01. The average molecular weight is 159 g/mol. The van der Waals surface area contributed by atoms with E-state index in [4.69, 9.17) is 5.73 Å². The van der Waals surface area contributed by atoms with Crippen LogP contribution in [0, 0.1) is 5.41 Å². The largest absolute Gasteiger partial charge is 0.369 e. The summed E-state index contributed by atoms with van der Waals surface area (Å²) in [6.07, 6.45) is 4.13. The van der Waals surface area contributed by atoms with E-state index in [0.717, 1.165) is 25.7 Å². The van der Waals surface area contributed by atoms with Gasteiger partial charge in [0.1, 0.15) is 0 Å². The first kappa shape index (κ1) is 7.92. The van der Waals surface area contributed by atoms with Crippen molar-refractivity contribution in [3.63, 3.8) is 0 Å². The lowest BCUT2D eigenvalue weighted by atomic mass is 9.88. The number of thiol groups is 1. The number of carbonyl (C=O) groups is 1. The van der Waals surface area contributed by atoms with Gasteiger partial charge in [-0.1, -0.05) is 12.8 Å². The van der Waals surface area contributed by atoms with Crippen LogP contribution in [-0.4, -0.2) is 11.7 Å². The maximum atomic E-state index is 10.9. The van der Waals surface area contributed by atoms with E-state index >= 15 is 0 Å². The third-order valence-corrected chi connectivity index (χ3v) is 2.99. The molecule has 58 valence electrons. The molecule has 1 amide bonds. The van der Waals surface area contributed by atoms with Crippen molar-refractivity contribution in [1.29, 1.82) is 0 Å². The minimum Gasteiger partial charge on any atom is -0.369 e. The fourth-order valence-electron chi connectivity index (χ4n) is 1.53. The van der Waals surface area contributed by atoms with Crippen LogP contribution in [0.25, 0.3) is 0 Å². The second kappa shape index (κ2) is 2.82. The fourth-order valence-corrected chi connectivity index (χ4v) is 2.01. The molecular weight excluding hydrogens is 146 g/mol. The number of hydrogen-bond donors (Lipinski definition) is 2. The number of hydrogen-bond acceptors (Lipinski definition) is 2. The molecule has 0 radical (unpaired) electrons. The highest BCUT2D eigenvalue weighted by molar-refractivity contribution is 7.80. The second-order valence-corrected chi connectivity index (χ2v) is 3.33. The van der Waals surface area contributed by atoms with Gasteiger partial charge in [-0.3, -0.25) is 4.79 Å². The SMILES string of the molecule is NC(=O)C1(CS)CCCC1. The molecule has 0 spiro atoms. The van der Waals surface area contributed by atoms with Crippen LogP contribution < -0.4 is 5.73 Å². The van der Waals surface area contributed by atoms with Crippen LogP contribution >= 0.6 is 12.6 Å². The predicted octanol–water partition coefficient (Wildman–Crippen LogP) is 0.962. The van der Waals surface area contributed by atoms with Crippen molar-refractivity contribution < 1.29 is 4.79 Å². The minimum absolute atomic E-state index is 0.167. The van der Waals surface area contributed by atoms with Crippen molar-refractivity contribution in [3.8, 4) is 0 Å². The van der Waals surface area contributed by atoms with E-state index in [1.807, 2.05) is 0 Å². The molecule has 0 bridgehead atoms. The predicted molar refractivity (Wildman–Crippen MR) is 43.9 cm³/mol. The summed E-state index contributed by atoms with van der Waals surface area (Å²) in [7, 11) is 0. The highest BCUT2D eigenvalue weighted by Crippen LogP contribution is 2.38. The van der Waals surface area contributed by atoms with Crippen LogP contribution in [-0.2, 0) is 4.79 Å². The number of amides is 1. The number of nitrogens with two attached hydrogens (primary N) is 1. The van der Waals surface area contributed by atoms with Gasteiger partial charge >= 0.3 is 0 Å². The van der Waals surface area contributed by atoms with Gasteiger partial charge in [0.2, 0.25) is 5.91 Å². The molecule has 0 aromatic carbocycles. The van der Waals surface area contributed by atoms with Crippen LogP contribution in [0.4, 0.5) is 0 Å². The van der Waals surface area contributed by atoms with Gasteiger partial charge in [0.25, 0.3) is 0 Å². The summed E-state index contributed by atoms with van der Waals surface area (Å²) >= 11 is 4.14. The molecule has 1 fully saturated rings. The lowest BCUT2D eigenvalue weighted by Crippen LogP contribution is -2.36. The Labute approximate surface area is 66.6 Å².